The predicted molar refractivity (Wildman–Crippen MR) is 78.9 cm³/mol. The zero-order chi connectivity index (χ0) is 14.6. The fourth-order valence-corrected chi connectivity index (χ4v) is 1.92. The number of carbonyl (C=O) groups is 2. The number of carbonyl (C=O) groups excluding carboxylic acids is 2. The lowest BCUT2D eigenvalue weighted by molar-refractivity contribution is -0.131. The lowest BCUT2D eigenvalue weighted by atomic mass is 10.2. The first-order chi connectivity index (χ1) is 8.86. The first-order valence-electron chi connectivity index (χ1n) is 5.91. The monoisotopic (exact) mass is 300 g/mol. The van der Waals surface area contributed by atoms with E-state index in [9.17, 15) is 9.59 Å². The van der Waals surface area contributed by atoms with Gasteiger partial charge in [0, 0.05) is 18.5 Å². The van der Waals surface area contributed by atoms with Gasteiger partial charge in [0.1, 0.15) is 6.04 Å². The Balaban J connectivity index is 2.80. The van der Waals surface area contributed by atoms with E-state index in [1.165, 1.54) is 0 Å². The van der Waals surface area contributed by atoms with Gasteiger partial charge in [-0.15, -0.1) is 12.6 Å². The van der Waals surface area contributed by atoms with Gasteiger partial charge in [-0.3, -0.25) is 9.59 Å². The van der Waals surface area contributed by atoms with Crippen molar-refractivity contribution in [3.63, 3.8) is 0 Å². The number of hydrogen-bond acceptors (Lipinski definition) is 3. The van der Waals surface area contributed by atoms with Gasteiger partial charge in [-0.2, -0.15) is 0 Å². The molecule has 0 saturated heterocycles. The minimum atomic E-state index is -0.600. The molecule has 6 heteroatoms. The minimum absolute atomic E-state index is 0.144. The summed E-state index contributed by atoms with van der Waals surface area (Å²) in [4.78, 5) is 26.1. The second-order valence-corrected chi connectivity index (χ2v) is 5.14. The Bertz CT molecular complexity index is 494. The highest BCUT2D eigenvalue weighted by atomic mass is 35.5. The Kier molecular flexibility index (Phi) is 5.69. The molecule has 0 spiro atoms. The molecule has 1 atom stereocenters. The quantitative estimate of drug-likeness (QED) is 0.838. The molecular formula is C13H17ClN2O2S. The molecule has 4 nitrogen and oxygen atoms in total. The molecule has 0 fully saturated rings. The first-order valence-corrected chi connectivity index (χ1v) is 6.73. The predicted octanol–water partition coefficient (Wildman–Crippen LogP) is 2.23. The number of thiol groups is 1. The van der Waals surface area contributed by atoms with E-state index in [0.717, 1.165) is 0 Å². The number of hydrogen-bond donors (Lipinski definition) is 2. The topological polar surface area (TPSA) is 49.4 Å². The van der Waals surface area contributed by atoms with Gasteiger partial charge in [0.15, 0.2) is 0 Å². The van der Waals surface area contributed by atoms with E-state index in [2.05, 4.69) is 17.9 Å². The molecular weight excluding hydrogens is 284 g/mol. The van der Waals surface area contributed by atoms with Crippen LogP contribution < -0.4 is 5.32 Å². The molecule has 0 heterocycles. The van der Waals surface area contributed by atoms with Crippen LogP contribution in [0.25, 0.3) is 0 Å². The smallest absolute Gasteiger partial charge is 0.253 e. The van der Waals surface area contributed by atoms with Crippen molar-refractivity contribution in [2.75, 3.05) is 13.6 Å². The Morgan fingerprint density at radius 2 is 2.11 bits per heavy atom. The van der Waals surface area contributed by atoms with Crippen molar-refractivity contribution in [1.82, 2.24) is 10.2 Å². The van der Waals surface area contributed by atoms with Crippen molar-refractivity contribution in [2.45, 2.75) is 24.8 Å². The van der Waals surface area contributed by atoms with Crippen LogP contribution in [0, 0.1) is 0 Å². The second kappa shape index (κ2) is 6.82. The summed E-state index contributed by atoms with van der Waals surface area (Å²) in [6.45, 7) is 4.10. The van der Waals surface area contributed by atoms with E-state index in [-0.39, 0.29) is 11.8 Å². The summed E-state index contributed by atoms with van der Waals surface area (Å²) in [6.07, 6.45) is 0. The largest absolute Gasteiger partial charge is 0.344 e. The number of nitrogens with zero attached hydrogens (tertiary/aromatic N) is 1. The normalized spacial score (nSPS) is 11.8. The minimum Gasteiger partial charge on any atom is -0.344 e. The van der Waals surface area contributed by atoms with E-state index >= 15 is 0 Å². The zero-order valence-electron chi connectivity index (χ0n) is 11.1. The summed E-state index contributed by atoms with van der Waals surface area (Å²) in [5.74, 6) is -0.528. The van der Waals surface area contributed by atoms with Crippen LogP contribution in [-0.4, -0.2) is 36.3 Å². The third-order valence-electron chi connectivity index (χ3n) is 2.76. The van der Waals surface area contributed by atoms with Crippen LogP contribution >= 0.6 is 24.2 Å². The van der Waals surface area contributed by atoms with Gasteiger partial charge in [-0.05, 0) is 32.0 Å². The molecule has 1 rings (SSSR count). The van der Waals surface area contributed by atoms with Crippen LogP contribution in [0.2, 0.25) is 5.02 Å². The fraction of sp³-hybridized carbons (Fsp3) is 0.385. The number of likely N-dealkylation sites (N-methyl/N-ethyl adjacent to an activating group) is 1. The Morgan fingerprint density at radius 1 is 1.47 bits per heavy atom. The molecule has 1 unspecified atom stereocenters. The fourth-order valence-electron chi connectivity index (χ4n) is 1.51. The molecule has 1 N–H and O–H groups in total. The SMILES string of the molecule is CCN(C)C(=O)C(C)NC(=O)c1cc(S)ccc1Cl. The summed E-state index contributed by atoms with van der Waals surface area (Å²) < 4.78 is 0. The molecule has 0 aromatic heterocycles. The highest BCUT2D eigenvalue weighted by molar-refractivity contribution is 7.80. The molecule has 0 saturated carbocycles. The molecule has 1 aromatic carbocycles. The van der Waals surface area contributed by atoms with Crippen LogP contribution in [0.1, 0.15) is 24.2 Å². The van der Waals surface area contributed by atoms with Crippen molar-refractivity contribution in [2.24, 2.45) is 0 Å². The Hall–Kier alpha value is -1.20. The van der Waals surface area contributed by atoms with Crippen molar-refractivity contribution < 1.29 is 9.59 Å². The van der Waals surface area contributed by atoms with Crippen LogP contribution in [0.5, 0.6) is 0 Å². The summed E-state index contributed by atoms with van der Waals surface area (Å²) in [5, 5.41) is 2.96. The maximum absolute atomic E-state index is 12.0. The second-order valence-electron chi connectivity index (χ2n) is 4.21. The van der Waals surface area contributed by atoms with E-state index in [4.69, 9.17) is 11.6 Å². The Labute approximate surface area is 123 Å². The Morgan fingerprint density at radius 3 is 2.68 bits per heavy atom. The zero-order valence-corrected chi connectivity index (χ0v) is 12.8. The number of benzene rings is 1. The molecule has 0 radical (unpaired) electrons. The van der Waals surface area contributed by atoms with E-state index in [1.54, 1.807) is 37.1 Å². The summed E-state index contributed by atoms with van der Waals surface area (Å²) >= 11 is 10.1. The van der Waals surface area contributed by atoms with Crippen LogP contribution in [0.3, 0.4) is 0 Å². The lowest BCUT2D eigenvalue weighted by Crippen LogP contribution is -2.45. The highest BCUT2D eigenvalue weighted by Gasteiger charge is 2.20. The standard InChI is InChI=1S/C13H17ClN2O2S/c1-4-16(3)13(18)8(2)15-12(17)10-7-9(19)5-6-11(10)14/h5-8,19H,4H2,1-3H3,(H,15,17). The molecule has 0 aliphatic rings. The van der Waals surface area contributed by atoms with Crippen LogP contribution in [-0.2, 0) is 4.79 Å². The van der Waals surface area contributed by atoms with Gasteiger partial charge in [-0.25, -0.2) is 0 Å². The molecule has 1 aromatic rings. The van der Waals surface area contributed by atoms with Crippen molar-refractivity contribution in [3.8, 4) is 0 Å². The van der Waals surface area contributed by atoms with Crippen LogP contribution in [0.4, 0.5) is 0 Å². The van der Waals surface area contributed by atoms with Gasteiger partial charge in [0.2, 0.25) is 5.91 Å². The average Bonchev–Trinajstić information content (AvgIpc) is 2.39. The number of nitrogens with one attached hydrogen (secondary N) is 1. The first kappa shape index (κ1) is 15.9. The maximum Gasteiger partial charge on any atom is 0.253 e. The molecule has 0 bridgehead atoms. The van der Waals surface area contributed by atoms with E-state index < -0.39 is 6.04 Å². The molecule has 0 aliphatic heterocycles. The lowest BCUT2D eigenvalue weighted by Gasteiger charge is -2.20. The summed E-state index contributed by atoms with van der Waals surface area (Å²) in [7, 11) is 1.69. The van der Waals surface area contributed by atoms with E-state index in [0.29, 0.717) is 22.0 Å². The molecule has 104 valence electrons. The maximum atomic E-state index is 12.0. The van der Waals surface area contributed by atoms with Gasteiger partial charge in [0.25, 0.3) is 5.91 Å². The summed E-state index contributed by atoms with van der Waals surface area (Å²) in [6, 6.07) is 4.27. The molecule has 19 heavy (non-hydrogen) atoms. The van der Waals surface area contributed by atoms with Crippen molar-refractivity contribution in [3.05, 3.63) is 28.8 Å². The third kappa shape index (κ3) is 4.14. The summed E-state index contributed by atoms with van der Waals surface area (Å²) in [5.41, 5.74) is 0.313. The van der Waals surface area contributed by atoms with Gasteiger partial charge >= 0.3 is 0 Å². The highest BCUT2D eigenvalue weighted by Crippen LogP contribution is 2.19. The van der Waals surface area contributed by atoms with Gasteiger partial charge in [-0.1, -0.05) is 11.6 Å². The van der Waals surface area contributed by atoms with Gasteiger partial charge < -0.3 is 10.2 Å². The number of amides is 2. The van der Waals surface area contributed by atoms with Crippen molar-refractivity contribution >= 4 is 36.0 Å². The number of halogens is 1. The van der Waals surface area contributed by atoms with Crippen molar-refractivity contribution in [1.29, 1.82) is 0 Å². The van der Waals surface area contributed by atoms with E-state index in [1.807, 2.05) is 6.92 Å². The molecule has 0 aliphatic carbocycles. The molecule has 2 amide bonds. The van der Waals surface area contributed by atoms with Gasteiger partial charge in [0.05, 0.1) is 10.6 Å². The van der Waals surface area contributed by atoms with Crippen LogP contribution in [0.15, 0.2) is 23.1 Å². The number of rotatable bonds is 4. The average molecular weight is 301 g/mol. The third-order valence-corrected chi connectivity index (χ3v) is 3.37.